The molecule has 6 nitrogen and oxygen atoms in total. The molecule has 2 aromatic rings. The lowest BCUT2D eigenvalue weighted by molar-refractivity contribution is -0.274. The standard InChI is InChI=1S/C15H14F3NO5S/c1-22-12-7-8-13(23-2)14(9-12)25(20,21)19-10-3-5-11(6-4-10)24-15(16,17)18/h3-9,19H,1-2H3. The summed E-state index contributed by atoms with van der Waals surface area (Å²) in [5, 5.41) is 0. The minimum Gasteiger partial charge on any atom is -0.497 e. The molecule has 0 radical (unpaired) electrons. The molecule has 0 saturated heterocycles. The fraction of sp³-hybridized carbons (Fsp3) is 0.200. The highest BCUT2D eigenvalue weighted by Crippen LogP contribution is 2.30. The summed E-state index contributed by atoms with van der Waals surface area (Å²) >= 11 is 0. The van der Waals surface area contributed by atoms with Crippen LogP contribution in [0.2, 0.25) is 0 Å². The molecule has 0 aliphatic heterocycles. The molecular formula is C15H14F3NO5S. The fourth-order valence-corrected chi connectivity index (χ4v) is 3.17. The Morgan fingerprint density at radius 1 is 0.920 bits per heavy atom. The van der Waals surface area contributed by atoms with Crippen LogP contribution >= 0.6 is 0 Å². The Balaban J connectivity index is 2.27. The first-order valence-corrected chi connectivity index (χ1v) is 8.23. The van der Waals surface area contributed by atoms with Crippen molar-refractivity contribution in [2.24, 2.45) is 0 Å². The van der Waals surface area contributed by atoms with Gasteiger partial charge < -0.3 is 14.2 Å². The lowest BCUT2D eigenvalue weighted by atomic mass is 10.3. The van der Waals surface area contributed by atoms with Gasteiger partial charge in [-0.2, -0.15) is 0 Å². The van der Waals surface area contributed by atoms with E-state index in [2.05, 4.69) is 9.46 Å². The van der Waals surface area contributed by atoms with E-state index in [0.29, 0.717) is 5.75 Å². The highest BCUT2D eigenvalue weighted by atomic mass is 32.2. The van der Waals surface area contributed by atoms with E-state index in [-0.39, 0.29) is 16.3 Å². The Hall–Kier alpha value is -2.62. The predicted molar refractivity (Wildman–Crippen MR) is 83.5 cm³/mol. The Kier molecular flexibility index (Phi) is 5.31. The van der Waals surface area contributed by atoms with Gasteiger partial charge in [0.25, 0.3) is 10.0 Å². The van der Waals surface area contributed by atoms with Crippen LogP contribution in [-0.4, -0.2) is 29.0 Å². The smallest absolute Gasteiger partial charge is 0.497 e. The van der Waals surface area contributed by atoms with Gasteiger partial charge in [-0.3, -0.25) is 4.72 Å². The van der Waals surface area contributed by atoms with Gasteiger partial charge in [0.15, 0.2) is 0 Å². The van der Waals surface area contributed by atoms with E-state index >= 15 is 0 Å². The second-order valence-corrected chi connectivity index (χ2v) is 6.35. The van der Waals surface area contributed by atoms with Gasteiger partial charge in [-0.1, -0.05) is 0 Å². The maximum Gasteiger partial charge on any atom is 0.573 e. The third kappa shape index (κ3) is 4.92. The van der Waals surface area contributed by atoms with Gasteiger partial charge in [0.1, 0.15) is 22.1 Å². The van der Waals surface area contributed by atoms with Gasteiger partial charge >= 0.3 is 6.36 Å². The van der Waals surface area contributed by atoms with E-state index in [1.54, 1.807) is 0 Å². The molecule has 0 amide bonds. The topological polar surface area (TPSA) is 73.9 Å². The molecule has 2 aromatic carbocycles. The van der Waals surface area contributed by atoms with Crippen LogP contribution in [0.3, 0.4) is 0 Å². The minimum atomic E-state index is -4.82. The number of ether oxygens (including phenoxy) is 3. The normalized spacial score (nSPS) is 11.7. The van der Waals surface area contributed by atoms with E-state index in [1.807, 2.05) is 0 Å². The second kappa shape index (κ2) is 7.09. The van der Waals surface area contributed by atoms with Crippen LogP contribution in [0, 0.1) is 0 Å². The van der Waals surface area contributed by atoms with E-state index in [4.69, 9.17) is 9.47 Å². The molecule has 136 valence electrons. The van der Waals surface area contributed by atoms with Crippen LogP contribution in [0.1, 0.15) is 0 Å². The number of methoxy groups -OCH3 is 2. The van der Waals surface area contributed by atoms with Crippen LogP contribution in [0.4, 0.5) is 18.9 Å². The summed E-state index contributed by atoms with van der Waals surface area (Å²) in [7, 11) is -1.37. The second-order valence-electron chi connectivity index (χ2n) is 4.69. The van der Waals surface area contributed by atoms with Crippen molar-refractivity contribution < 1.29 is 35.8 Å². The van der Waals surface area contributed by atoms with Crippen molar-refractivity contribution >= 4 is 15.7 Å². The summed E-state index contributed by atoms with van der Waals surface area (Å²) < 4.78 is 77.4. The maximum atomic E-state index is 12.5. The third-order valence-electron chi connectivity index (χ3n) is 3.00. The first kappa shape index (κ1) is 18.7. The largest absolute Gasteiger partial charge is 0.573 e. The van der Waals surface area contributed by atoms with Crippen molar-refractivity contribution in [3.8, 4) is 17.2 Å². The zero-order valence-electron chi connectivity index (χ0n) is 13.1. The number of hydrogen-bond acceptors (Lipinski definition) is 5. The van der Waals surface area contributed by atoms with Crippen molar-refractivity contribution in [2.45, 2.75) is 11.3 Å². The first-order valence-electron chi connectivity index (χ1n) is 6.75. The summed E-state index contributed by atoms with van der Waals surface area (Å²) in [6.07, 6.45) is -4.82. The van der Waals surface area contributed by atoms with Crippen molar-refractivity contribution in [3.05, 3.63) is 42.5 Å². The van der Waals surface area contributed by atoms with Gasteiger partial charge in [0.2, 0.25) is 0 Å². The van der Waals surface area contributed by atoms with Crippen molar-refractivity contribution in [3.63, 3.8) is 0 Å². The van der Waals surface area contributed by atoms with Gasteiger partial charge in [-0.05, 0) is 36.4 Å². The summed E-state index contributed by atoms with van der Waals surface area (Å²) in [4.78, 5) is -0.176. The fourth-order valence-electron chi connectivity index (χ4n) is 1.93. The Bertz CT molecular complexity index is 835. The zero-order chi connectivity index (χ0) is 18.7. The average Bonchev–Trinajstić information content (AvgIpc) is 2.54. The number of benzene rings is 2. The molecule has 10 heteroatoms. The summed E-state index contributed by atoms with van der Waals surface area (Å²) in [6, 6.07) is 8.50. The average molecular weight is 377 g/mol. The molecule has 0 heterocycles. The number of rotatable bonds is 6. The monoisotopic (exact) mass is 377 g/mol. The van der Waals surface area contributed by atoms with E-state index in [1.165, 1.54) is 32.4 Å². The molecule has 0 aliphatic rings. The SMILES string of the molecule is COc1ccc(OC)c(S(=O)(=O)Nc2ccc(OC(F)(F)F)cc2)c1. The molecule has 0 spiro atoms. The molecule has 25 heavy (non-hydrogen) atoms. The Morgan fingerprint density at radius 3 is 2.04 bits per heavy atom. The molecule has 1 N–H and O–H groups in total. The highest BCUT2D eigenvalue weighted by molar-refractivity contribution is 7.92. The van der Waals surface area contributed by atoms with Gasteiger partial charge in [-0.15, -0.1) is 13.2 Å². The van der Waals surface area contributed by atoms with Crippen LogP contribution < -0.4 is 18.9 Å². The lowest BCUT2D eigenvalue weighted by Crippen LogP contribution is -2.17. The summed E-state index contributed by atoms with van der Waals surface area (Å²) in [5.74, 6) is -0.0742. The predicted octanol–water partition coefficient (Wildman–Crippen LogP) is 3.40. The molecular weight excluding hydrogens is 363 g/mol. The van der Waals surface area contributed by atoms with E-state index < -0.39 is 22.1 Å². The molecule has 0 atom stereocenters. The number of alkyl halides is 3. The molecule has 2 rings (SSSR count). The maximum absolute atomic E-state index is 12.5. The number of halogens is 3. The first-order chi connectivity index (χ1) is 11.6. The van der Waals surface area contributed by atoms with E-state index in [0.717, 1.165) is 24.3 Å². The lowest BCUT2D eigenvalue weighted by Gasteiger charge is -2.13. The third-order valence-corrected chi connectivity index (χ3v) is 4.40. The molecule has 0 bridgehead atoms. The van der Waals surface area contributed by atoms with E-state index in [9.17, 15) is 21.6 Å². The van der Waals surface area contributed by atoms with Crippen molar-refractivity contribution in [1.82, 2.24) is 0 Å². The number of anilines is 1. The van der Waals surface area contributed by atoms with Gasteiger partial charge in [-0.25, -0.2) is 8.42 Å². The Labute approximate surface area is 142 Å². The molecule has 0 saturated carbocycles. The van der Waals surface area contributed by atoms with Crippen molar-refractivity contribution in [2.75, 3.05) is 18.9 Å². The van der Waals surface area contributed by atoms with Crippen LogP contribution in [0.15, 0.2) is 47.4 Å². The number of nitrogens with one attached hydrogen (secondary N) is 1. The zero-order valence-corrected chi connectivity index (χ0v) is 13.9. The summed E-state index contributed by atoms with van der Waals surface area (Å²) in [6.45, 7) is 0. The molecule has 0 aliphatic carbocycles. The molecule has 0 aromatic heterocycles. The highest BCUT2D eigenvalue weighted by Gasteiger charge is 2.31. The van der Waals surface area contributed by atoms with Gasteiger partial charge in [0, 0.05) is 11.8 Å². The van der Waals surface area contributed by atoms with Crippen LogP contribution in [0.5, 0.6) is 17.2 Å². The molecule has 0 fully saturated rings. The Morgan fingerprint density at radius 2 is 1.52 bits per heavy atom. The van der Waals surface area contributed by atoms with Crippen LogP contribution in [-0.2, 0) is 10.0 Å². The summed E-state index contributed by atoms with van der Waals surface area (Å²) in [5.41, 5.74) is 0.0550. The van der Waals surface area contributed by atoms with Crippen LogP contribution in [0.25, 0.3) is 0 Å². The minimum absolute atomic E-state index is 0.0550. The number of hydrogen-bond donors (Lipinski definition) is 1. The quantitative estimate of drug-likeness (QED) is 0.835. The van der Waals surface area contributed by atoms with Crippen molar-refractivity contribution in [1.29, 1.82) is 0 Å². The van der Waals surface area contributed by atoms with Gasteiger partial charge in [0.05, 0.1) is 14.2 Å². The number of sulfonamides is 1. The molecule has 0 unspecified atom stereocenters.